The summed E-state index contributed by atoms with van der Waals surface area (Å²) < 4.78 is 10.8. The van der Waals surface area contributed by atoms with Gasteiger partial charge < -0.3 is 20.1 Å². The number of aromatic nitrogens is 1. The van der Waals surface area contributed by atoms with Crippen LogP contribution in [0.2, 0.25) is 0 Å². The third-order valence-electron chi connectivity index (χ3n) is 4.26. The summed E-state index contributed by atoms with van der Waals surface area (Å²) in [6.45, 7) is 11.2. The van der Waals surface area contributed by atoms with Crippen LogP contribution in [0.4, 0.5) is 0 Å². The highest BCUT2D eigenvalue weighted by atomic mass is 127. The van der Waals surface area contributed by atoms with Crippen molar-refractivity contribution in [1.82, 2.24) is 15.6 Å². The third-order valence-corrected chi connectivity index (χ3v) is 5.58. The number of guanidine groups is 1. The number of hydrogen-bond acceptors (Lipinski definition) is 6. The number of thiazole rings is 1. The third kappa shape index (κ3) is 8.74. The maximum absolute atomic E-state index is 12.0. The largest absolute Gasteiger partial charge is 0.462 e. The van der Waals surface area contributed by atoms with Gasteiger partial charge in [0.25, 0.3) is 0 Å². The summed E-state index contributed by atoms with van der Waals surface area (Å²) in [7, 11) is 1.73. The van der Waals surface area contributed by atoms with E-state index in [1.165, 1.54) is 11.3 Å². The molecule has 2 rings (SSSR count). The Hall–Kier alpha value is -1.72. The second-order valence-electron chi connectivity index (χ2n) is 7.16. The minimum absolute atomic E-state index is 0. The van der Waals surface area contributed by atoms with Gasteiger partial charge in [0.05, 0.1) is 31.1 Å². The van der Waals surface area contributed by atoms with Gasteiger partial charge in [-0.2, -0.15) is 0 Å². The molecule has 172 valence electrons. The van der Waals surface area contributed by atoms with Crippen molar-refractivity contribution in [2.24, 2.45) is 4.99 Å². The molecular weight excluding hydrogens is 527 g/mol. The van der Waals surface area contributed by atoms with E-state index in [1.807, 2.05) is 33.8 Å². The fourth-order valence-corrected chi connectivity index (χ4v) is 3.69. The first kappa shape index (κ1) is 27.3. The summed E-state index contributed by atoms with van der Waals surface area (Å²) in [5, 5.41) is 7.47. The fraction of sp³-hybridized carbons (Fsp3) is 0.500. The van der Waals surface area contributed by atoms with Crippen LogP contribution in [0.15, 0.2) is 29.3 Å². The van der Waals surface area contributed by atoms with Gasteiger partial charge in [-0.3, -0.25) is 4.99 Å². The maximum atomic E-state index is 12.0. The number of halogens is 1. The first-order valence-corrected chi connectivity index (χ1v) is 11.0. The Kier molecular flexibility index (Phi) is 12.0. The van der Waals surface area contributed by atoms with Gasteiger partial charge in [-0.25, -0.2) is 9.78 Å². The van der Waals surface area contributed by atoms with E-state index in [-0.39, 0.29) is 42.1 Å². The summed E-state index contributed by atoms with van der Waals surface area (Å²) in [4.78, 5) is 21.4. The second kappa shape index (κ2) is 13.6. The molecule has 0 saturated carbocycles. The molecule has 1 atom stereocenters. The van der Waals surface area contributed by atoms with Crippen LogP contribution in [0.3, 0.4) is 0 Å². The van der Waals surface area contributed by atoms with Crippen LogP contribution in [0.5, 0.6) is 0 Å². The van der Waals surface area contributed by atoms with E-state index in [2.05, 4.69) is 38.8 Å². The Morgan fingerprint density at radius 2 is 1.97 bits per heavy atom. The Bertz CT molecular complexity index is 870. The number of nitrogens with one attached hydrogen (secondary N) is 2. The Morgan fingerprint density at radius 1 is 1.26 bits per heavy atom. The zero-order valence-electron chi connectivity index (χ0n) is 19.0. The maximum Gasteiger partial charge on any atom is 0.350 e. The molecule has 0 aliphatic heterocycles. The highest BCUT2D eigenvalue weighted by Gasteiger charge is 2.20. The van der Waals surface area contributed by atoms with Crippen LogP contribution in [0.25, 0.3) is 0 Å². The minimum atomic E-state index is -0.324. The summed E-state index contributed by atoms with van der Waals surface area (Å²) >= 11 is 1.35. The van der Waals surface area contributed by atoms with Gasteiger partial charge in [0.15, 0.2) is 5.96 Å². The smallest absolute Gasteiger partial charge is 0.350 e. The number of aliphatic imine (C=N–C) groups is 1. The molecule has 1 unspecified atom stereocenters. The van der Waals surface area contributed by atoms with Gasteiger partial charge >= 0.3 is 5.97 Å². The van der Waals surface area contributed by atoms with E-state index in [9.17, 15) is 4.79 Å². The molecule has 0 aliphatic rings. The highest BCUT2D eigenvalue weighted by Crippen LogP contribution is 2.24. The van der Waals surface area contributed by atoms with Crippen molar-refractivity contribution in [2.45, 2.75) is 59.9 Å². The summed E-state index contributed by atoms with van der Waals surface area (Å²) in [5.41, 5.74) is 2.97. The van der Waals surface area contributed by atoms with Crippen molar-refractivity contribution in [1.29, 1.82) is 0 Å². The predicted molar refractivity (Wildman–Crippen MR) is 136 cm³/mol. The molecule has 0 bridgehead atoms. The summed E-state index contributed by atoms with van der Waals surface area (Å²) in [5.74, 6) is 0.339. The van der Waals surface area contributed by atoms with Crippen LogP contribution in [-0.4, -0.2) is 36.7 Å². The SMILES string of the molecule is CCOC(=O)c1sc(C(C)NC(=NC)NCc2cccc(COC(C)C)c2)nc1C.I. The molecule has 0 spiro atoms. The topological polar surface area (TPSA) is 84.8 Å². The lowest BCUT2D eigenvalue weighted by molar-refractivity contribution is 0.0531. The molecule has 1 heterocycles. The number of benzene rings is 1. The van der Waals surface area contributed by atoms with Crippen molar-refractivity contribution in [2.75, 3.05) is 13.7 Å². The molecule has 0 amide bonds. The van der Waals surface area contributed by atoms with Gasteiger partial charge in [0.1, 0.15) is 9.88 Å². The van der Waals surface area contributed by atoms with Crippen LogP contribution < -0.4 is 10.6 Å². The monoisotopic (exact) mass is 560 g/mol. The molecule has 0 saturated heterocycles. The molecule has 0 radical (unpaired) electrons. The van der Waals surface area contributed by atoms with E-state index in [0.29, 0.717) is 36.3 Å². The number of carbonyl (C=O) groups excluding carboxylic acids is 1. The van der Waals surface area contributed by atoms with E-state index < -0.39 is 0 Å². The minimum Gasteiger partial charge on any atom is -0.462 e. The van der Waals surface area contributed by atoms with E-state index >= 15 is 0 Å². The van der Waals surface area contributed by atoms with E-state index in [1.54, 1.807) is 14.0 Å². The van der Waals surface area contributed by atoms with Crippen molar-refractivity contribution >= 4 is 47.2 Å². The standard InChI is InChI=1S/C22H32N4O3S.HI/c1-7-28-21(27)19-15(4)25-20(30-19)16(5)26-22(23-6)24-12-17-9-8-10-18(11-17)13-29-14(2)3;/h8-11,14,16H,7,12-13H2,1-6H3,(H2,23,24,26);1H. The quantitative estimate of drug-likeness (QED) is 0.202. The van der Waals surface area contributed by atoms with Gasteiger partial charge in [-0.05, 0) is 45.7 Å². The lowest BCUT2D eigenvalue weighted by Gasteiger charge is -2.16. The first-order valence-electron chi connectivity index (χ1n) is 10.1. The molecule has 2 aromatic rings. The van der Waals surface area contributed by atoms with Crippen LogP contribution in [0.1, 0.15) is 65.2 Å². The number of esters is 1. The molecule has 1 aromatic heterocycles. The molecular formula is C22H33IN4O3S. The highest BCUT2D eigenvalue weighted by molar-refractivity contribution is 14.0. The zero-order valence-corrected chi connectivity index (χ0v) is 22.2. The van der Waals surface area contributed by atoms with E-state index in [4.69, 9.17) is 9.47 Å². The van der Waals surface area contributed by atoms with E-state index in [0.717, 1.165) is 16.1 Å². The molecule has 7 nitrogen and oxygen atoms in total. The Labute approximate surface area is 206 Å². The fourth-order valence-electron chi connectivity index (χ4n) is 2.73. The summed E-state index contributed by atoms with van der Waals surface area (Å²) in [6, 6.07) is 8.19. The summed E-state index contributed by atoms with van der Waals surface area (Å²) in [6.07, 6.45) is 0.204. The van der Waals surface area contributed by atoms with Gasteiger partial charge in [-0.1, -0.05) is 24.3 Å². The first-order chi connectivity index (χ1) is 14.3. The molecule has 0 aliphatic carbocycles. The van der Waals surface area contributed by atoms with Crippen molar-refractivity contribution in [3.63, 3.8) is 0 Å². The number of hydrogen-bond donors (Lipinski definition) is 2. The van der Waals surface area contributed by atoms with Crippen LogP contribution in [-0.2, 0) is 22.6 Å². The van der Waals surface area contributed by atoms with Crippen molar-refractivity contribution < 1.29 is 14.3 Å². The average Bonchev–Trinajstić information content (AvgIpc) is 3.12. The van der Waals surface area contributed by atoms with Crippen LogP contribution >= 0.6 is 35.3 Å². The predicted octanol–water partition coefficient (Wildman–Crippen LogP) is 4.60. The van der Waals surface area contributed by atoms with Gasteiger partial charge in [0, 0.05) is 13.6 Å². The normalized spacial score (nSPS) is 12.3. The molecule has 1 aromatic carbocycles. The lowest BCUT2D eigenvalue weighted by atomic mass is 10.1. The van der Waals surface area contributed by atoms with Gasteiger partial charge in [-0.15, -0.1) is 35.3 Å². The second-order valence-corrected chi connectivity index (χ2v) is 8.19. The number of nitrogens with zero attached hydrogens (tertiary/aromatic N) is 2. The molecule has 9 heteroatoms. The van der Waals surface area contributed by atoms with Crippen molar-refractivity contribution in [3.05, 3.63) is 51.0 Å². The van der Waals surface area contributed by atoms with Crippen LogP contribution in [0, 0.1) is 6.92 Å². The average molecular weight is 561 g/mol. The lowest BCUT2D eigenvalue weighted by Crippen LogP contribution is -2.38. The van der Waals surface area contributed by atoms with Gasteiger partial charge in [0.2, 0.25) is 0 Å². The number of rotatable bonds is 9. The molecule has 0 fully saturated rings. The Balaban J connectivity index is 0.00000480. The number of carbonyl (C=O) groups is 1. The Morgan fingerprint density at radius 3 is 2.61 bits per heavy atom. The zero-order chi connectivity index (χ0) is 22.1. The van der Waals surface area contributed by atoms with Crippen molar-refractivity contribution in [3.8, 4) is 0 Å². The number of ether oxygens (including phenoxy) is 2. The molecule has 2 N–H and O–H groups in total. The molecule has 31 heavy (non-hydrogen) atoms. The number of aryl methyl sites for hydroxylation is 1.